The Kier molecular flexibility index (Phi) is 3.74. The molecule has 0 saturated carbocycles. The van der Waals surface area contributed by atoms with E-state index in [2.05, 4.69) is 4.99 Å². The molecule has 0 atom stereocenters. The molecule has 1 rings (SSSR count). The summed E-state index contributed by atoms with van der Waals surface area (Å²) in [5.41, 5.74) is 5.70. The van der Waals surface area contributed by atoms with Crippen LogP contribution >= 0.6 is 0 Å². The minimum Gasteiger partial charge on any atom is -0.370 e. The number of hydrogen-bond acceptors (Lipinski definition) is 3. The van der Waals surface area contributed by atoms with Crippen LogP contribution in [-0.2, 0) is 9.84 Å². The normalized spacial score (nSPS) is 22.4. The van der Waals surface area contributed by atoms with E-state index >= 15 is 0 Å². The van der Waals surface area contributed by atoms with Gasteiger partial charge in [0.25, 0.3) is 0 Å². The van der Waals surface area contributed by atoms with Crippen LogP contribution in [0.25, 0.3) is 0 Å². The lowest BCUT2D eigenvalue weighted by Crippen LogP contribution is -2.47. The van der Waals surface area contributed by atoms with E-state index in [1.165, 1.54) is 0 Å². The van der Waals surface area contributed by atoms with Gasteiger partial charge in [-0.15, -0.1) is 0 Å². The summed E-state index contributed by atoms with van der Waals surface area (Å²) < 4.78 is 22.3. The zero-order chi connectivity index (χ0) is 10.6. The number of nitrogens with zero attached hydrogens (tertiary/aromatic N) is 2. The minimum absolute atomic E-state index is 0.190. The van der Waals surface area contributed by atoms with Crippen molar-refractivity contribution >= 4 is 15.8 Å². The molecule has 1 aliphatic heterocycles. The molecule has 1 heterocycles. The predicted octanol–water partition coefficient (Wildman–Crippen LogP) is -0.558. The van der Waals surface area contributed by atoms with Crippen molar-refractivity contribution in [3.05, 3.63) is 0 Å². The Hall–Kier alpha value is -0.780. The second-order valence-electron chi connectivity index (χ2n) is 3.38. The van der Waals surface area contributed by atoms with Crippen molar-refractivity contribution in [2.75, 3.05) is 31.1 Å². The summed E-state index contributed by atoms with van der Waals surface area (Å²) in [4.78, 5) is 5.97. The highest BCUT2D eigenvalue weighted by Crippen LogP contribution is 2.03. The van der Waals surface area contributed by atoms with Gasteiger partial charge < -0.3 is 10.6 Å². The second kappa shape index (κ2) is 4.63. The Balaban J connectivity index is 2.49. The molecule has 0 aromatic heterocycles. The SMILES string of the molecule is CCCN=C(N)N1CCS(=O)(=O)CC1. The van der Waals surface area contributed by atoms with Crippen LogP contribution in [0.3, 0.4) is 0 Å². The summed E-state index contributed by atoms with van der Waals surface area (Å²) >= 11 is 0. The summed E-state index contributed by atoms with van der Waals surface area (Å²) in [5, 5.41) is 0. The molecule has 0 radical (unpaired) electrons. The zero-order valence-electron chi connectivity index (χ0n) is 8.44. The van der Waals surface area contributed by atoms with E-state index in [0.717, 1.165) is 6.42 Å². The maximum Gasteiger partial charge on any atom is 0.191 e. The smallest absolute Gasteiger partial charge is 0.191 e. The average Bonchev–Trinajstić information content (AvgIpc) is 2.14. The van der Waals surface area contributed by atoms with Gasteiger partial charge in [0.1, 0.15) is 0 Å². The van der Waals surface area contributed by atoms with Crippen LogP contribution in [0.2, 0.25) is 0 Å². The Morgan fingerprint density at radius 3 is 2.50 bits per heavy atom. The maximum absolute atomic E-state index is 11.1. The van der Waals surface area contributed by atoms with Crippen molar-refractivity contribution in [3.8, 4) is 0 Å². The number of guanidine groups is 1. The topological polar surface area (TPSA) is 75.8 Å². The van der Waals surface area contributed by atoms with Gasteiger partial charge in [-0.25, -0.2) is 8.42 Å². The van der Waals surface area contributed by atoms with Gasteiger partial charge in [-0.1, -0.05) is 6.92 Å². The van der Waals surface area contributed by atoms with Gasteiger partial charge >= 0.3 is 0 Å². The van der Waals surface area contributed by atoms with Crippen LogP contribution in [0.5, 0.6) is 0 Å². The maximum atomic E-state index is 11.1. The molecule has 0 bridgehead atoms. The molecular formula is C8H17N3O2S. The lowest BCUT2D eigenvalue weighted by atomic mass is 10.5. The third-order valence-corrected chi connectivity index (χ3v) is 3.77. The average molecular weight is 219 g/mol. The summed E-state index contributed by atoms with van der Waals surface area (Å²) in [6, 6.07) is 0. The Morgan fingerprint density at radius 2 is 2.00 bits per heavy atom. The van der Waals surface area contributed by atoms with Gasteiger partial charge in [-0.05, 0) is 6.42 Å². The van der Waals surface area contributed by atoms with Crippen LogP contribution in [0.15, 0.2) is 4.99 Å². The van der Waals surface area contributed by atoms with Gasteiger partial charge in [0.2, 0.25) is 0 Å². The lowest BCUT2D eigenvalue weighted by molar-refractivity contribution is 0.436. The standard InChI is InChI=1S/C8H17N3O2S/c1-2-3-10-8(9)11-4-6-14(12,13)7-5-11/h2-7H2,1H3,(H2,9,10). The van der Waals surface area contributed by atoms with Crippen molar-refractivity contribution in [3.63, 3.8) is 0 Å². The van der Waals surface area contributed by atoms with E-state index in [1.54, 1.807) is 0 Å². The largest absolute Gasteiger partial charge is 0.370 e. The first-order valence-corrected chi connectivity index (χ1v) is 6.62. The molecule has 0 unspecified atom stereocenters. The molecule has 82 valence electrons. The van der Waals surface area contributed by atoms with Gasteiger partial charge in [0, 0.05) is 19.6 Å². The molecule has 0 aliphatic carbocycles. The van der Waals surface area contributed by atoms with Crippen LogP contribution in [0, 0.1) is 0 Å². The number of sulfone groups is 1. The van der Waals surface area contributed by atoms with E-state index in [4.69, 9.17) is 5.73 Å². The van der Waals surface area contributed by atoms with Crippen LogP contribution in [-0.4, -0.2) is 50.4 Å². The highest BCUT2D eigenvalue weighted by Gasteiger charge is 2.22. The van der Waals surface area contributed by atoms with Crippen molar-refractivity contribution in [1.29, 1.82) is 0 Å². The number of nitrogens with two attached hydrogens (primary N) is 1. The number of aliphatic imine (C=N–C) groups is 1. The minimum atomic E-state index is -2.82. The molecule has 6 heteroatoms. The summed E-state index contributed by atoms with van der Waals surface area (Å²) in [6.07, 6.45) is 0.951. The van der Waals surface area contributed by atoms with Crippen LogP contribution in [0.1, 0.15) is 13.3 Å². The van der Waals surface area contributed by atoms with Gasteiger partial charge in [0.15, 0.2) is 15.8 Å². The third kappa shape index (κ3) is 3.17. The first kappa shape index (κ1) is 11.3. The molecule has 1 fully saturated rings. The Morgan fingerprint density at radius 1 is 1.43 bits per heavy atom. The molecule has 1 saturated heterocycles. The fourth-order valence-electron chi connectivity index (χ4n) is 1.27. The molecule has 5 nitrogen and oxygen atoms in total. The van der Waals surface area contributed by atoms with Gasteiger partial charge in [-0.2, -0.15) is 0 Å². The number of hydrogen-bond donors (Lipinski definition) is 1. The first-order chi connectivity index (χ1) is 6.55. The zero-order valence-corrected chi connectivity index (χ0v) is 9.26. The Bertz CT molecular complexity index is 297. The monoisotopic (exact) mass is 219 g/mol. The van der Waals surface area contributed by atoms with Crippen molar-refractivity contribution < 1.29 is 8.42 Å². The highest BCUT2D eigenvalue weighted by molar-refractivity contribution is 7.91. The highest BCUT2D eigenvalue weighted by atomic mass is 32.2. The van der Waals surface area contributed by atoms with E-state index in [0.29, 0.717) is 25.6 Å². The van der Waals surface area contributed by atoms with Crippen molar-refractivity contribution in [2.45, 2.75) is 13.3 Å². The van der Waals surface area contributed by atoms with E-state index < -0.39 is 9.84 Å². The van der Waals surface area contributed by atoms with Crippen molar-refractivity contribution in [1.82, 2.24) is 4.90 Å². The van der Waals surface area contributed by atoms with Crippen LogP contribution < -0.4 is 5.73 Å². The fraction of sp³-hybridized carbons (Fsp3) is 0.875. The molecule has 2 N–H and O–H groups in total. The van der Waals surface area contributed by atoms with E-state index in [-0.39, 0.29) is 11.5 Å². The quantitative estimate of drug-likeness (QED) is 0.499. The fourth-order valence-corrected chi connectivity index (χ4v) is 2.47. The summed E-state index contributed by atoms with van der Waals surface area (Å²) in [6.45, 7) is 3.68. The summed E-state index contributed by atoms with van der Waals surface area (Å²) in [7, 11) is -2.82. The molecule has 14 heavy (non-hydrogen) atoms. The Labute approximate surface area is 84.9 Å². The van der Waals surface area contributed by atoms with Gasteiger partial charge in [0.05, 0.1) is 11.5 Å². The van der Waals surface area contributed by atoms with E-state index in [1.807, 2.05) is 11.8 Å². The lowest BCUT2D eigenvalue weighted by Gasteiger charge is -2.27. The predicted molar refractivity (Wildman–Crippen MR) is 57.0 cm³/mol. The van der Waals surface area contributed by atoms with Crippen molar-refractivity contribution in [2.24, 2.45) is 10.7 Å². The molecule has 0 amide bonds. The molecular weight excluding hydrogens is 202 g/mol. The first-order valence-electron chi connectivity index (χ1n) is 4.80. The second-order valence-corrected chi connectivity index (χ2v) is 5.68. The van der Waals surface area contributed by atoms with Gasteiger partial charge in [-0.3, -0.25) is 4.99 Å². The number of rotatable bonds is 2. The van der Waals surface area contributed by atoms with Crippen LogP contribution in [0.4, 0.5) is 0 Å². The van der Waals surface area contributed by atoms with E-state index in [9.17, 15) is 8.42 Å². The molecule has 1 aliphatic rings. The summed E-state index contributed by atoms with van der Waals surface area (Å²) in [5.74, 6) is 0.853. The molecule has 0 aromatic rings. The molecule has 0 aromatic carbocycles. The molecule has 0 spiro atoms. The third-order valence-electron chi connectivity index (χ3n) is 2.17.